The highest BCUT2D eigenvalue weighted by Crippen LogP contribution is 2.27. The fourth-order valence-electron chi connectivity index (χ4n) is 2.71. The first-order chi connectivity index (χ1) is 7.86. The molecule has 2 heteroatoms. The lowest BCUT2D eigenvalue weighted by Crippen LogP contribution is -2.12. The van der Waals surface area contributed by atoms with Crippen molar-refractivity contribution in [3.63, 3.8) is 0 Å². The molecule has 16 heavy (non-hydrogen) atoms. The average Bonchev–Trinajstić information content (AvgIpc) is 2.33. The molecule has 88 valence electrons. The van der Waals surface area contributed by atoms with Gasteiger partial charge in [0.15, 0.2) is 0 Å². The molecule has 2 rings (SSSR count). The molecule has 0 atom stereocenters. The van der Waals surface area contributed by atoms with Crippen molar-refractivity contribution in [2.45, 2.75) is 51.4 Å². The third-order valence-electron chi connectivity index (χ3n) is 3.68. The Morgan fingerprint density at radius 2 is 2.06 bits per heavy atom. The van der Waals surface area contributed by atoms with Crippen molar-refractivity contribution < 1.29 is 0 Å². The molecule has 0 radical (unpaired) electrons. The van der Waals surface area contributed by atoms with Crippen molar-refractivity contribution >= 4 is 0 Å². The van der Waals surface area contributed by atoms with Gasteiger partial charge in [0.1, 0.15) is 0 Å². The highest BCUT2D eigenvalue weighted by Gasteiger charge is 2.12. The zero-order valence-electron chi connectivity index (χ0n) is 9.87. The van der Waals surface area contributed by atoms with Gasteiger partial charge in [-0.05, 0) is 24.8 Å². The number of rotatable bonds is 4. The second-order valence-corrected chi connectivity index (χ2v) is 4.92. The highest BCUT2D eigenvalue weighted by molar-refractivity contribution is 5.08. The van der Waals surface area contributed by atoms with Crippen molar-refractivity contribution in [1.29, 1.82) is 0 Å². The molecular formula is C14H21NO. The summed E-state index contributed by atoms with van der Waals surface area (Å²) in [5.74, 6) is 0.927. The van der Waals surface area contributed by atoms with E-state index in [1.54, 1.807) is 6.20 Å². The number of aromatic nitrogens is 1. The van der Waals surface area contributed by atoms with Crippen LogP contribution in [0.25, 0.3) is 0 Å². The van der Waals surface area contributed by atoms with Gasteiger partial charge in [0.25, 0.3) is 5.56 Å². The molecule has 0 amide bonds. The van der Waals surface area contributed by atoms with Gasteiger partial charge in [0.05, 0.1) is 0 Å². The van der Waals surface area contributed by atoms with Gasteiger partial charge in [0, 0.05) is 11.8 Å². The van der Waals surface area contributed by atoms with Crippen LogP contribution in [0, 0.1) is 5.92 Å². The smallest absolute Gasteiger partial charge is 0.251 e. The fourth-order valence-corrected chi connectivity index (χ4v) is 2.71. The van der Waals surface area contributed by atoms with Gasteiger partial charge in [-0.1, -0.05) is 44.6 Å². The Morgan fingerprint density at radius 3 is 2.81 bits per heavy atom. The quantitative estimate of drug-likeness (QED) is 0.828. The largest absolute Gasteiger partial charge is 0.329 e. The Balaban J connectivity index is 1.75. The summed E-state index contributed by atoms with van der Waals surface area (Å²) < 4.78 is 0. The highest BCUT2D eigenvalue weighted by atomic mass is 16.1. The predicted molar refractivity (Wildman–Crippen MR) is 66.6 cm³/mol. The lowest BCUT2D eigenvalue weighted by molar-refractivity contribution is 0.332. The van der Waals surface area contributed by atoms with Gasteiger partial charge < -0.3 is 4.98 Å². The van der Waals surface area contributed by atoms with E-state index >= 15 is 0 Å². The SMILES string of the molecule is O=c1[nH]cccc1CCCC1CCCCC1. The van der Waals surface area contributed by atoms with Crippen LogP contribution in [0.4, 0.5) is 0 Å². The molecular weight excluding hydrogens is 198 g/mol. The maximum Gasteiger partial charge on any atom is 0.251 e. The molecule has 1 aromatic rings. The van der Waals surface area contributed by atoms with E-state index in [4.69, 9.17) is 0 Å². The molecule has 0 aliphatic heterocycles. The standard InChI is InChI=1S/C14H21NO/c16-14-13(10-5-11-15-14)9-4-8-12-6-2-1-3-7-12/h5,10-12H,1-4,6-9H2,(H,15,16). The van der Waals surface area contributed by atoms with Crippen molar-refractivity contribution in [2.75, 3.05) is 0 Å². The monoisotopic (exact) mass is 219 g/mol. The summed E-state index contributed by atoms with van der Waals surface area (Å²) >= 11 is 0. The normalized spacial score (nSPS) is 17.5. The summed E-state index contributed by atoms with van der Waals surface area (Å²) in [7, 11) is 0. The van der Waals surface area contributed by atoms with Crippen molar-refractivity contribution in [3.8, 4) is 0 Å². The Labute approximate surface area is 97.1 Å². The average molecular weight is 219 g/mol. The van der Waals surface area contributed by atoms with Crippen LogP contribution in [0.15, 0.2) is 23.1 Å². The molecule has 1 saturated carbocycles. The zero-order valence-corrected chi connectivity index (χ0v) is 9.87. The Kier molecular flexibility index (Phi) is 4.20. The minimum absolute atomic E-state index is 0.0890. The second-order valence-electron chi connectivity index (χ2n) is 4.92. The summed E-state index contributed by atoms with van der Waals surface area (Å²) in [6.45, 7) is 0. The molecule has 0 unspecified atom stereocenters. The van der Waals surface area contributed by atoms with E-state index < -0.39 is 0 Å². The van der Waals surface area contributed by atoms with Crippen LogP contribution >= 0.6 is 0 Å². The lowest BCUT2D eigenvalue weighted by atomic mass is 9.85. The summed E-state index contributed by atoms with van der Waals surface area (Å²) in [5.41, 5.74) is 1.03. The van der Waals surface area contributed by atoms with Crippen LogP contribution in [0.2, 0.25) is 0 Å². The van der Waals surface area contributed by atoms with E-state index in [1.165, 1.54) is 38.5 Å². The second kappa shape index (κ2) is 5.88. The van der Waals surface area contributed by atoms with Gasteiger partial charge in [-0.3, -0.25) is 4.79 Å². The number of aromatic amines is 1. The number of pyridine rings is 1. The topological polar surface area (TPSA) is 32.9 Å². The number of nitrogens with one attached hydrogen (secondary N) is 1. The molecule has 1 N–H and O–H groups in total. The van der Waals surface area contributed by atoms with Crippen LogP contribution in [-0.2, 0) is 6.42 Å². The van der Waals surface area contributed by atoms with Crippen molar-refractivity contribution in [2.24, 2.45) is 5.92 Å². The summed E-state index contributed by atoms with van der Waals surface area (Å²) in [5, 5.41) is 0. The minimum Gasteiger partial charge on any atom is -0.329 e. The van der Waals surface area contributed by atoms with Crippen LogP contribution in [0.5, 0.6) is 0 Å². The van der Waals surface area contributed by atoms with Gasteiger partial charge in [-0.15, -0.1) is 0 Å². The lowest BCUT2D eigenvalue weighted by Gasteiger charge is -2.21. The number of hydrogen-bond donors (Lipinski definition) is 1. The van der Waals surface area contributed by atoms with E-state index in [1.807, 2.05) is 12.1 Å². The molecule has 0 bridgehead atoms. The molecule has 1 fully saturated rings. The maximum atomic E-state index is 11.4. The molecule has 2 nitrogen and oxygen atoms in total. The Hall–Kier alpha value is -1.05. The Morgan fingerprint density at radius 1 is 1.25 bits per heavy atom. The summed E-state index contributed by atoms with van der Waals surface area (Å²) in [4.78, 5) is 14.2. The third kappa shape index (κ3) is 3.22. The Bertz CT molecular complexity index is 363. The molecule has 0 aromatic carbocycles. The zero-order chi connectivity index (χ0) is 11.2. The van der Waals surface area contributed by atoms with E-state index in [2.05, 4.69) is 4.98 Å². The molecule has 1 heterocycles. The summed E-state index contributed by atoms with van der Waals surface area (Å²) in [6.07, 6.45) is 12.2. The van der Waals surface area contributed by atoms with E-state index in [9.17, 15) is 4.79 Å². The van der Waals surface area contributed by atoms with Crippen LogP contribution < -0.4 is 5.56 Å². The molecule has 1 aliphatic rings. The molecule has 1 aliphatic carbocycles. The fraction of sp³-hybridized carbons (Fsp3) is 0.643. The van der Waals surface area contributed by atoms with E-state index in [0.717, 1.165) is 24.3 Å². The first kappa shape index (κ1) is 11.4. The van der Waals surface area contributed by atoms with Gasteiger partial charge in [-0.25, -0.2) is 0 Å². The first-order valence-electron chi connectivity index (χ1n) is 6.53. The molecule has 0 saturated heterocycles. The summed E-state index contributed by atoms with van der Waals surface area (Å²) in [6, 6.07) is 3.86. The van der Waals surface area contributed by atoms with Gasteiger partial charge in [0.2, 0.25) is 0 Å². The van der Waals surface area contributed by atoms with E-state index in [-0.39, 0.29) is 5.56 Å². The van der Waals surface area contributed by atoms with Crippen LogP contribution in [-0.4, -0.2) is 4.98 Å². The molecule has 1 aromatic heterocycles. The minimum atomic E-state index is 0.0890. The maximum absolute atomic E-state index is 11.4. The van der Waals surface area contributed by atoms with Gasteiger partial charge >= 0.3 is 0 Å². The third-order valence-corrected chi connectivity index (χ3v) is 3.68. The van der Waals surface area contributed by atoms with Crippen LogP contribution in [0.3, 0.4) is 0 Å². The van der Waals surface area contributed by atoms with Crippen molar-refractivity contribution in [1.82, 2.24) is 4.98 Å². The first-order valence-corrected chi connectivity index (χ1v) is 6.53. The number of hydrogen-bond acceptors (Lipinski definition) is 1. The number of H-pyrrole nitrogens is 1. The van der Waals surface area contributed by atoms with Gasteiger partial charge in [-0.2, -0.15) is 0 Å². The molecule has 0 spiro atoms. The number of aryl methyl sites for hydroxylation is 1. The van der Waals surface area contributed by atoms with E-state index in [0.29, 0.717) is 0 Å². The van der Waals surface area contributed by atoms with Crippen molar-refractivity contribution in [3.05, 3.63) is 34.2 Å². The predicted octanol–water partition coefficient (Wildman–Crippen LogP) is 3.28. The van der Waals surface area contributed by atoms with Crippen LogP contribution in [0.1, 0.15) is 50.5 Å².